The highest BCUT2D eigenvalue weighted by Gasteiger charge is 2.39. The first kappa shape index (κ1) is 26.9. The van der Waals surface area contributed by atoms with Crippen molar-refractivity contribution in [2.45, 2.75) is 82.9 Å². The lowest BCUT2D eigenvalue weighted by Crippen LogP contribution is -2.41. The molecule has 2 saturated carbocycles. The largest absolute Gasteiger partial charge is 0.486 e. The number of hydrogen-bond acceptors (Lipinski definition) is 4. The molecule has 0 atom stereocenters. The lowest BCUT2D eigenvalue weighted by atomic mass is 9.94. The molecule has 196 valence electrons. The lowest BCUT2D eigenvalue weighted by molar-refractivity contribution is -0.124. The van der Waals surface area contributed by atoms with Gasteiger partial charge in [-0.15, -0.1) is 0 Å². The lowest BCUT2D eigenvalue weighted by Gasteiger charge is -2.31. The van der Waals surface area contributed by atoms with E-state index >= 15 is 0 Å². The molecule has 8 heteroatoms. The molecule has 0 bridgehead atoms. The number of carbonyl (C=O) groups excluding carboxylic acids is 1. The summed E-state index contributed by atoms with van der Waals surface area (Å²) in [6.45, 7) is 0.322. The molecular weight excluding hydrogens is 547 g/mol. The Morgan fingerprint density at radius 1 is 0.919 bits per heavy atom. The third-order valence-electron chi connectivity index (χ3n) is 7.26. The maximum atomic E-state index is 13.6. The molecule has 2 aliphatic carbocycles. The van der Waals surface area contributed by atoms with Crippen molar-refractivity contribution in [3.05, 3.63) is 67.5 Å². The molecule has 2 aromatic rings. The fourth-order valence-corrected chi connectivity index (χ4v) is 7.14. The Morgan fingerprint density at radius 2 is 1.54 bits per heavy atom. The van der Waals surface area contributed by atoms with Crippen molar-refractivity contribution in [3.8, 4) is 5.75 Å². The number of benzene rings is 2. The second kappa shape index (κ2) is 12.5. The number of aliphatic imine (C=N–C) groups is 1. The van der Waals surface area contributed by atoms with Crippen molar-refractivity contribution in [1.29, 1.82) is 0 Å². The van der Waals surface area contributed by atoms with Crippen LogP contribution >= 0.6 is 46.6 Å². The van der Waals surface area contributed by atoms with E-state index in [4.69, 9.17) is 44.5 Å². The molecule has 3 fully saturated rings. The monoisotopic (exact) mass is 576 g/mol. The van der Waals surface area contributed by atoms with Crippen LogP contribution in [0.3, 0.4) is 0 Å². The van der Waals surface area contributed by atoms with Crippen LogP contribution in [0.15, 0.2) is 46.3 Å². The molecule has 0 N–H and O–H groups in total. The first-order chi connectivity index (χ1) is 18.0. The minimum Gasteiger partial charge on any atom is -0.486 e. The van der Waals surface area contributed by atoms with E-state index in [1.807, 2.05) is 35.2 Å². The fourth-order valence-electron chi connectivity index (χ4n) is 5.29. The van der Waals surface area contributed by atoms with Crippen molar-refractivity contribution >= 4 is 63.7 Å². The summed E-state index contributed by atoms with van der Waals surface area (Å²) in [4.78, 5) is 21.4. The van der Waals surface area contributed by atoms with Crippen LogP contribution in [0.5, 0.6) is 5.75 Å². The van der Waals surface area contributed by atoms with Crippen molar-refractivity contribution in [2.24, 2.45) is 4.99 Å². The summed E-state index contributed by atoms with van der Waals surface area (Å²) >= 11 is 20.6. The molecule has 4 nitrogen and oxygen atoms in total. The molecule has 1 saturated heterocycles. The van der Waals surface area contributed by atoms with Crippen molar-refractivity contribution < 1.29 is 9.53 Å². The van der Waals surface area contributed by atoms with Gasteiger partial charge in [-0.3, -0.25) is 14.7 Å². The van der Waals surface area contributed by atoms with Crippen LogP contribution in [0.2, 0.25) is 15.1 Å². The van der Waals surface area contributed by atoms with Crippen LogP contribution in [0.25, 0.3) is 6.08 Å². The zero-order valence-corrected chi connectivity index (χ0v) is 23.8. The van der Waals surface area contributed by atoms with E-state index in [-0.39, 0.29) is 11.9 Å². The van der Waals surface area contributed by atoms with Crippen LogP contribution in [0.1, 0.15) is 75.3 Å². The zero-order valence-electron chi connectivity index (χ0n) is 20.7. The predicted molar refractivity (Wildman–Crippen MR) is 156 cm³/mol. The summed E-state index contributed by atoms with van der Waals surface area (Å²) < 4.78 is 5.91. The van der Waals surface area contributed by atoms with Gasteiger partial charge < -0.3 is 4.74 Å². The minimum atomic E-state index is 0.0433. The molecule has 37 heavy (non-hydrogen) atoms. The summed E-state index contributed by atoms with van der Waals surface area (Å²) in [5, 5.41) is 2.36. The highest BCUT2D eigenvalue weighted by Crippen LogP contribution is 2.40. The minimum absolute atomic E-state index is 0.0433. The summed E-state index contributed by atoms with van der Waals surface area (Å²) in [6, 6.07) is 11.6. The smallest absolute Gasteiger partial charge is 0.266 e. The van der Waals surface area contributed by atoms with Crippen LogP contribution in [0, 0.1) is 0 Å². The maximum absolute atomic E-state index is 13.6. The summed E-state index contributed by atoms with van der Waals surface area (Å²) in [7, 11) is 0. The van der Waals surface area contributed by atoms with Gasteiger partial charge in [-0.05, 0) is 78.9 Å². The van der Waals surface area contributed by atoms with Crippen molar-refractivity contribution in [1.82, 2.24) is 4.90 Å². The van der Waals surface area contributed by atoms with E-state index in [0.29, 0.717) is 38.4 Å². The highest BCUT2D eigenvalue weighted by atomic mass is 35.5. The molecular formula is C29H31Cl3N2O2S. The number of halogens is 3. The van der Waals surface area contributed by atoms with Crippen LogP contribution in [-0.4, -0.2) is 28.1 Å². The second-order valence-electron chi connectivity index (χ2n) is 10.0. The molecule has 2 aromatic carbocycles. The van der Waals surface area contributed by atoms with Gasteiger partial charge in [0.2, 0.25) is 0 Å². The summed E-state index contributed by atoms with van der Waals surface area (Å²) in [6.07, 6.45) is 13.5. The van der Waals surface area contributed by atoms with Crippen LogP contribution < -0.4 is 4.74 Å². The molecule has 0 aromatic heterocycles. The standard InChI is InChI=1S/C29H31Cl3N2O2S/c30-21-13-11-19(12-14-21)18-36-27-24(31)15-20(16-25(27)32)17-26-28(35)34(23-9-5-2-6-10-23)29(37-26)33-22-7-3-1-4-8-22/h11-17,22-23H,1-10,18H2. The molecule has 0 unspecified atom stereocenters. The van der Waals surface area contributed by atoms with Gasteiger partial charge in [0, 0.05) is 11.1 Å². The fraction of sp³-hybridized carbons (Fsp3) is 0.448. The Labute approximate surface area is 238 Å². The number of amides is 1. The summed E-state index contributed by atoms with van der Waals surface area (Å²) in [5.41, 5.74) is 1.73. The number of nitrogens with zero attached hydrogens (tertiary/aromatic N) is 2. The van der Waals surface area contributed by atoms with E-state index in [1.165, 1.54) is 37.4 Å². The van der Waals surface area contributed by atoms with Gasteiger partial charge in [-0.1, -0.05) is 85.5 Å². The third kappa shape index (κ3) is 6.68. The molecule has 1 amide bonds. The van der Waals surface area contributed by atoms with Gasteiger partial charge in [0.25, 0.3) is 5.91 Å². The van der Waals surface area contributed by atoms with Gasteiger partial charge >= 0.3 is 0 Å². The van der Waals surface area contributed by atoms with E-state index in [2.05, 4.69) is 0 Å². The van der Waals surface area contributed by atoms with Crippen molar-refractivity contribution in [3.63, 3.8) is 0 Å². The number of hydrogen-bond donors (Lipinski definition) is 0. The molecule has 0 radical (unpaired) electrons. The number of amidine groups is 1. The average Bonchev–Trinajstić information content (AvgIpc) is 3.19. The molecule has 1 aliphatic heterocycles. The van der Waals surface area contributed by atoms with E-state index in [1.54, 1.807) is 12.1 Å². The average molecular weight is 578 g/mol. The predicted octanol–water partition coefficient (Wildman–Crippen LogP) is 9.16. The van der Waals surface area contributed by atoms with Gasteiger partial charge in [-0.2, -0.15) is 0 Å². The van der Waals surface area contributed by atoms with E-state index in [0.717, 1.165) is 54.8 Å². The Morgan fingerprint density at radius 3 is 2.19 bits per heavy atom. The Hall–Kier alpha value is -1.66. The van der Waals surface area contributed by atoms with Gasteiger partial charge in [0.05, 0.1) is 21.0 Å². The SMILES string of the molecule is O=C1C(=Cc2cc(Cl)c(OCc3ccc(Cl)cc3)c(Cl)c2)SC(=NC2CCCCC2)N1C1CCCCC1. The second-order valence-corrected chi connectivity index (χ2v) is 12.3. The first-order valence-electron chi connectivity index (χ1n) is 13.1. The van der Waals surface area contributed by atoms with Gasteiger partial charge in [0.15, 0.2) is 10.9 Å². The number of rotatable bonds is 6. The van der Waals surface area contributed by atoms with Crippen LogP contribution in [0.4, 0.5) is 0 Å². The Bertz CT molecular complexity index is 1160. The normalized spacial score (nSPS) is 21.8. The number of ether oxygens (including phenoxy) is 1. The highest BCUT2D eigenvalue weighted by molar-refractivity contribution is 8.18. The first-order valence-corrected chi connectivity index (χ1v) is 15.1. The number of thioether (sulfide) groups is 1. The van der Waals surface area contributed by atoms with Crippen molar-refractivity contribution in [2.75, 3.05) is 0 Å². The van der Waals surface area contributed by atoms with E-state index in [9.17, 15) is 4.79 Å². The zero-order chi connectivity index (χ0) is 25.8. The third-order valence-corrected chi connectivity index (χ3v) is 9.07. The Balaban J connectivity index is 1.37. The van der Waals surface area contributed by atoms with Gasteiger partial charge in [-0.25, -0.2) is 0 Å². The van der Waals surface area contributed by atoms with E-state index < -0.39 is 0 Å². The number of carbonyl (C=O) groups is 1. The van der Waals surface area contributed by atoms with Gasteiger partial charge in [0.1, 0.15) is 6.61 Å². The Kier molecular flexibility index (Phi) is 9.07. The molecule has 0 spiro atoms. The maximum Gasteiger partial charge on any atom is 0.266 e. The summed E-state index contributed by atoms with van der Waals surface area (Å²) in [5.74, 6) is 0.469. The molecule has 1 heterocycles. The molecule has 3 aliphatic rings. The molecule has 5 rings (SSSR count). The van der Waals surface area contributed by atoms with Crippen LogP contribution in [-0.2, 0) is 11.4 Å². The quantitative estimate of drug-likeness (QED) is 0.321. The topological polar surface area (TPSA) is 41.9 Å².